The van der Waals surface area contributed by atoms with Gasteiger partial charge in [0.15, 0.2) is 11.5 Å². The van der Waals surface area contributed by atoms with Gasteiger partial charge in [-0.2, -0.15) is 0 Å². The van der Waals surface area contributed by atoms with Crippen molar-refractivity contribution in [2.45, 2.75) is 18.6 Å². The van der Waals surface area contributed by atoms with Crippen LogP contribution in [0.4, 0.5) is 0 Å². The molecule has 0 saturated heterocycles. The fourth-order valence-electron chi connectivity index (χ4n) is 4.37. The van der Waals surface area contributed by atoms with E-state index in [1.54, 1.807) is 60.7 Å². The molecule has 3 aromatic carbocycles. The summed E-state index contributed by atoms with van der Waals surface area (Å²) in [5.74, 6) is -2.02. The number of methoxy groups -OCH3 is 1. The molecule has 0 fully saturated rings. The van der Waals surface area contributed by atoms with Crippen molar-refractivity contribution >= 4 is 17.5 Å². The molecule has 2 aliphatic heterocycles. The second-order valence-corrected chi connectivity index (χ2v) is 8.25. The largest absolute Gasteiger partial charge is 0.497 e. The molecule has 3 aromatic rings. The molecule has 8 nitrogen and oxygen atoms in total. The van der Waals surface area contributed by atoms with E-state index in [2.05, 4.69) is 0 Å². The van der Waals surface area contributed by atoms with Crippen LogP contribution in [0.5, 0.6) is 17.2 Å². The first kappa shape index (κ1) is 22.5. The minimum Gasteiger partial charge on any atom is -0.497 e. The number of hydrogen-bond donors (Lipinski definition) is 2. The monoisotopic (exact) mass is 474 g/mol. The fourth-order valence-corrected chi connectivity index (χ4v) is 4.37. The Morgan fingerprint density at radius 2 is 1.74 bits per heavy atom. The van der Waals surface area contributed by atoms with Crippen LogP contribution in [0, 0.1) is 0 Å². The molecule has 1 unspecified atom stereocenters. The normalized spacial score (nSPS) is 18.5. The number of hydrogen-bond acceptors (Lipinski definition) is 7. The van der Waals surface area contributed by atoms with E-state index in [0.717, 1.165) is 5.56 Å². The highest BCUT2D eigenvalue weighted by atomic mass is 16.7. The number of benzene rings is 3. The van der Waals surface area contributed by atoms with Crippen LogP contribution in [-0.2, 0) is 33.0 Å². The Labute approximate surface area is 200 Å². The van der Waals surface area contributed by atoms with Gasteiger partial charge in [-0.05, 0) is 53.1 Å². The Hall–Kier alpha value is -4.30. The standard InChI is InChI=1S/C27H22O8/c1-32-20-8-6-19(7-9-20)27(31)21(12-16-3-2-4-17(11-16)13-24(28)29)25(26(30)35-27)18-5-10-22-23(14-18)34-15-33-22/h2-11,14,31H,12-13,15H2,1H3,(H,28,29). The third-order valence-electron chi connectivity index (χ3n) is 6.03. The summed E-state index contributed by atoms with van der Waals surface area (Å²) in [6, 6.07) is 18.7. The lowest BCUT2D eigenvalue weighted by Gasteiger charge is -2.26. The molecule has 2 N–H and O–H groups in total. The number of cyclic esters (lactones) is 1. The molecule has 0 aliphatic carbocycles. The Morgan fingerprint density at radius 1 is 1.00 bits per heavy atom. The third-order valence-corrected chi connectivity index (χ3v) is 6.03. The Balaban J connectivity index is 1.64. The van der Waals surface area contributed by atoms with Gasteiger partial charge in [-0.25, -0.2) is 4.79 Å². The predicted octanol–water partition coefficient (Wildman–Crippen LogP) is 3.45. The quantitative estimate of drug-likeness (QED) is 0.501. The van der Waals surface area contributed by atoms with Gasteiger partial charge in [0.1, 0.15) is 5.75 Å². The molecule has 2 heterocycles. The van der Waals surface area contributed by atoms with Crippen LogP contribution in [0.3, 0.4) is 0 Å². The molecule has 2 aliphatic rings. The van der Waals surface area contributed by atoms with Gasteiger partial charge in [0.25, 0.3) is 5.79 Å². The number of fused-ring (bicyclic) bond motifs is 1. The van der Waals surface area contributed by atoms with Crippen molar-refractivity contribution < 1.29 is 38.7 Å². The maximum absolute atomic E-state index is 13.2. The van der Waals surface area contributed by atoms with Crippen LogP contribution in [0.1, 0.15) is 22.3 Å². The summed E-state index contributed by atoms with van der Waals surface area (Å²) in [7, 11) is 1.53. The molecular formula is C27H22O8. The van der Waals surface area contributed by atoms with Gasteiger partial charge in [-0.1, -0.05) is 30.3 Å². The van der Waals surface area contributed by atoms with E-state index in [0.29, 0.717) is 39.5 Å². The smallest absolute Gasteiger partial charge is 0.342 e. The van der Waals surface area contributed by atoms with E-state index < -0.39 is 17.7 Å². The average molecular weight is 474 g/mol. The SMILES string of the molecule is COc1ccc(C2(O)OC(=O)C(c3ccc4c(c3)OCO4)=C2Cc2cccc(CC(=O)O)c2)cc1. The van der Waals surface area contributed by atoms with Crippen LogP contribution in [-0.4, -0.2) is 36.1 Å². The van der Waals surface area contributed by atoms with Crippen LogP contribution < -0.4 is 14.2 Å². The van der Waals surface area contributed by atoms with E-state index in [1.807, 2.05) is 6.07 Å². The molecule has 8 heteroatoms. The number of rotatable bonds is 7. The maximum atomic E-state index is 13.2. The summed E-state index contributed by atoms with van der Waals surface area (Å²) in [6.07, 6.45) is 0.00554. The summed E-state index contributed by atoms with van der Waals surface area (Å²) in [4.78, 5) is 24.4. The molecule has 0 radical (unpaired) electrons. The average Bonchev–Trinajstić information content (AvgIpc) is 3.41. The summed E-state index contributed by atoms with van der Waals surface area (Å²) in [6.45, 7) is 0.0846. The number of carbonyl (C=O) groups excluding carboxylic acids is 1. The first-order valence-corrected chi connectivity index (χ1v) is 10.9. The molecule has 1 atom stereocenters. The molecule has 0 bridgehead atoms. The Morgan fingerprint density at radius 3 is 2.49 bits per heavy atom. The zero-order valence-corrected chi connectivity index (χ0v) is 18.8. The highest BCUT2D eigenvalue weighted by Crippen LogP contribution is 2.46. The second-order valence-electron chi connectivity index (χ2n) is 8.25. The predicted molar refractivity (Wildman–Crippen MR) is 124 cm³/mol. The van der Waals surface area contributed by atoms with Gasteiger partial charge in [0, 0.05) is 17.6 Å². The molecule has 0 saturated carbocycles. The lowest BCUT2D eigenvalue weighted by atomic mass is 9.87. The van der Waals surface area contributed by atoms with Gasteiger partial charge < -0.3 is 29.2 Å². The van der Waals surface area contributed by atoms with E-state index >= 15 is 0 Å². The minimum atomic E-state index is -2.03. The van der Waals surface area contributed by atoms with Crippen LogP contribution in [0.15, 0.2) is 72.3 Å². The van der Waals surface area contributed by atoms with Crippen molar-refractivity contribution in [1.29, 1.82) is 0 Å². The van der Waals surface area contributed by atoms with Gasteiger partial charge in [0.2, 0.25) is 6.79 Å². The minimum absolute atomic E-state index is 0.0846. The molecule has 5 rings (SSSR count). The number of esters is 1. The van der Waals surface area contributed by atoms with Gasteiger partial charge in [-0.15, -0.1) is 0 Å². The number of aliphatic hydroxyl groups is 1. The van der Waals surface area contributed by atoms with Crippen molar-refractivity contribution in [3.63, 3.8) is 0 Å². The maximum Gasteiger partial charge on any atom is 0.342 e. The summed E-state index contributed by atoms with van der Waals surface area (Å²) in [5.41, 5.74) is 2.75. The van der Waals surface area contributed by atoms with E-state index in [-0.39, 0.29) is 25.2 Å². The van der Waals surface area contributed by atoms with Crippen molar-refractivity contribution in [2.75, 3.05) is 13.9 Å². The fraction of sp³-hybridized carbons (Fsp3) is 0.185. The molecule has 35 heavy (non-hydrogen) atoms. The number of ether oxygens (including phenoxy) is 4. The third kappa shape index (κ3) is 4.20. The number of aliphatic carboxylic acids is 1. The summed E-state index contributed by atoms with van der Waals surface area (Å²) in [5, 5.41) is 20.9. The molecule has 0 amide bonds. The van der Waals surface area contributed by atoms with Crippen molar-refractivity contribution in [2.24, 2.45) is 0 Å². The van der Waals surface area contributed by atoms with Gasteiger partial charge in [0.05, 0.1) is 19.1 Å². The zero-order chi connectivity index (χ0) is 24.6. The molecule has 0 spiro atoms. The van der Waals surface area contributed by atoms with Crippen LogP contribution in [0.25, 0.3) is 5.57 Å². The zero-order valence-electron chi connectivity index (χ0n) is 18.8. The van der Waals surface area contributed by atoms with E-state index in [1.165, 1.54) is 7.11 Å². The number of carbonyl (C=O) groups is 2. The highest BCUT2D eigenvalue weighted by molar-refractivity contribution is 6.20. The lowest BCUT2D eigenvalue weighted by Crippen LogP contribution is -2.29. The number of carboxylic acids is 1. The first-order valence-electron chi connectivity index (χ1n) is 10.9. The summed E-state index contributed by atoms with van der Waals surface area (Å²) >= 11 is 0. The van der Waals surface area contributed by atoms with E-state index in [4.69, 9.17) is 18.9 Å². The van der Waals surface area contributed by atoms with Crippen molar-refractivity contribution in [3.8, 4) is 17.2 Å². The number of carboxylic acid groups (broad SMARTS) is 1. The lowest BCUT2D eigenvalue weighted by molar-refractivity contribution is -0.185. The van der Waals surface area contributed by atoms with Crippen molar-refractivity contribution in [3.05, 3.63) is 94.6 Å². The highest BCUT2D eigenvalue weighted by Gasteiger charge is 2.48. The van der Waals surface area contributed by atoms with Crippen LogP contribution >= 0.6 is 0 Å². The van der Waals surface area contributed by atoms with Crippen LogP contribution in [0.2, 0.25) is 0 Å². The Bertz CT molecular complexity index is 1340. The topological polar surface area (TPSA) is 112 Å². The van der Waals surface area contributed by atoms with Crippen molar-refractivity contribution in [1.82, 2.24) is 0 Å². The molecule has 0 aromatic heterocycles. The first-order chi connectivity index (χ1) is 16.9. The molecule has 178 valence electrons. The summed E-state index contributed by atoms with van der Waals surface area (Å²) < 4.78 is 21.7. The van der Waals surface area contributed by atoms with E-state index in [9.17, 15) is 19.8 Å². The second kappa shape index (κ2) is 8.81. The molecular weight excluding hydrogens is 452 g/mol. The van der Waals surface area contributed by atoms with Gasteiger partial charge >= 0.3 is 11.9 Å². The Kier molecular flexibility index (Phi) is 5.66. The van der Waals surface area contributed by atoms with Gasteiger partial charge in [-0.3, -0.25) is 4.79 Å².